The number of nitro benzene ring substituents is 1. The first-order valence-corrected chi connectivity index (χ1v) is 9.86. The van der Waals surface area contributed by atoms with E-state index in [0.29, 0.717) is 45.9 Å². The zero-order chi connectivity index (χ0) is 20.6. The third kappa shape index (κ3) is 5.54. The summed E-state index contributed by atoms with van der Waals surface area (Å²) in [6.45, 7) is 8.01. The quantitative estimate of drug-likeness (QED) is 0.255. The summed E-state index contributed by atoms with van der Waals surface area (Å²) in [5, 5.41) is 14.0. The molecule has 156 valence electrons. The lowest BCUT2D eigenvalue weighted by Crippen LogP contribution is -2.55. The van der Waals surface area contributed by atoms with Crippen molar-refractivity contribution in [1.82, 2.24) is 15.1 Å². The fourth-order valence-electron chi connectivity index (χ4n) is 3.44. The predicted molar refractivity (Wildman–Crippen MR) is 110 cm³/mol. The molecule has 0 radical (unpaired) electrons. The number of rotatable bonds is 6. The second kappa shape index (κ2) is 10.0. The van der Waals surface area contributed by atoms with Crippen LogP contribution in [-0.4, -0.2) is 72.0 Å². The van der Waals surface area contributed by atoms with Crippen LogP contribution in [0.4, 0.5) is 5.69 Å². The van der Waals surface area contributed by atoms with E-state index >= 15 is 0 Å². The number of carbonyl (C=O) groups excluding carboxylic acids is 1. The van der Waals surface area contributed by atoms with Crippen LogP contribution in [0.25, 0.3) is 0 Å². The number of benzene rings is 1. The van der Waals surface area contributed by atoms with Gasteiger partial charge >= 0.3 is 0 Å². The van der Waals surface area contributed by atoms with Crippen LogP contribution in [0.5, 0.6) is 0 Å². The standard InChI is InChI=1S/C20H27N5O4/c1-2-9-21-20(22-15-16-5-7-17(8-6-16)25(27)28)24-12-10-23(11-13-24)19(26)18-4-3-14-29-18/h2,5-8,18H,1,3-4,9-15H2,(H,21,22). The fourth-order valence-corrected chi connectivity index (χ4v) is 3.44. The highest BCUT2D eigenvalue weighted by molar-refractivity contribution is 5.83. The van der Waals surface area contributed by atoms with E-state index < -0.39 is 4.92 Å². The molecule has 2 aliphatic rings. The van der Waals surface area contributed by atoms with Crippen molar-refractivity contribution in [3.05, 3.63) is 52.6 Å². The Hall–Kier alpha value is -2.94. The third-order valence-electron chi connectivity index (χ3n) is 5.06. The van der Waals surface area contributed by atoms with Gasteiger partial charge in [0.2, 0.25) is 0 Å². The highest BCUT2D eigenvalue weighted by atomic mass is 16.6. The maximum Gasteiger partial charge on any atom is 0.269 e. The predicted octanol–water partition coefficient (Wildman–Crippen LogP) is 1.55. The number of hydrogen-bond donors (Lipinski definition) is 1. The Bertz CT molecular complexity index is 751. The lowest BCUT2D eigenvalue weighted by Gasteiger charge is -2.37. The molecule has 2 fully saturated rings. The van der Waals surface area contributed by atoms with Gasteiger partial charge in [-0.25, -0.2) is 4.99 Å². The molecule has 9 heteroatoms. The minimum absolute atomic E-state index is 0.0646. The van der Waals surface area contributed by atoms with Crippen LogP contribution in [0.2, 0.25) is 0 Å². The van der Waals surface area contributed by atoms with Crippen molar-refractivity contribution >= 4 is 17.6 Å². The molecular weight excluding hydrogens is 374 g/mol. The molecule has 3 rings (SSSR count). The van der Waals surface area contributed by atoms with Crippen LogP contribution in [0.15, 0.2) is 41.9 Å². The third-order valence-corrected chi connectivity index (χ3v) is 5.06. The summed E-state index contributed by atoms with van der Waals surface area (Å²) in [5.74, 6) is 0.832. The van der Waals surface area contributed by atoms with Crippen LogP contribution < -0.4 is 5.32 Å². The zero-order valence-electron chi connectivity index (χ0n) is 16.5. The molecule has 1 N–H and O–H groups in total. The lowest BCUT2D eigenvalue weighted by atomic mass is 10.2. The van der Waals surface area contributed by atoms with E-state index in [2.05, 4.69) is 21.8 Å². The first kappa shape index (κ1) is 20.8. The fraction of sp³-hybridized carbons (Fsp3) is 0.500. The Balaban J connectivity index is 1.59. The second-order valence-electron chi connectivity index (χ2n) is 7.05. The van der Waals surface area contributed by atoms with Crippen LogP contribution in [0.3, 0.4) is 0 Å². The number of non-ortho nitro benzene ring substituents is 1. The normalized spacial score (nSPS) is 19.9. The summed E-state index contributed by atoms with van der Waals surface area (Å²) < 4.78 is 5.51. The van der Waals surface area contributed by atoms with Crippen LogP contribution in [0, 0.1) is 10.1 Å². The Morgan fingerprint density at radius 3 is 2.55 bits per heavy atom. The number of hydrogen-bond acceptors (Lipinski definition) is 5. The number of carbonyl (C=O) groups is 1. The molecule has 2 aliphatic heterocycles. The molecule has 0 bridgehead atoms. The van der Waals surface area contributed by atoms with Gasteiger partial charge in [-0.15, -0.1) is 6.58 Å². The molecule has 1 unspecified atom stereocenters. The molecule has 0 spiro atoms. The highest BCUT2D eigenvalue weighted by Gasteiger charge is 2.30. The van der Waals surface area contributed by atoms with Crippen LogP contribution in [-0.2, 0) is 16.1 Å². The maximum atomic E-state index is 12.5. The Morgan fingerprint density at radius 1 is 1.28 bits per heavy atom. The van der Waals surface area contributed by atoms with E-state index in [4.69, 9.17) is 4.74 Å². The summed E-state index contributed by atoms with van der Waals surface area (Å²) in [7, 11) is 0. The van der Waals surface area contributed by atoms with E-state index in [1.165, 1.54) is 12.1 Å². The number of nitrogens with zero attached hydrogens (tertiary/aromatic N) is 4. The Labute approximate surface area is 170 Å². The average Bonchev–Trinajstić information content (AvgIpc) is 3.29. The SMILES string of the molecule is C=CCNC(=NCc1ccc([N+](=O)[O-])cc1)N1CCN(C(=O)C2CCCO2)CC1. The van der Waals surface area contributed by atoms with Crippen molar-refractivity contribution in [2.45, 2.75) is 25.5 Å². The number of amides is 1. The summed E-state index contributed by atoms with van der Waals surface area (Å²) in [4.78, 5) is 31.5. The van der Waals surface area contributed by atoms with Gasteiger partial charge in [-0.3, -0.25) is 14.9 Å². The van der Waals surface area contributed by atoms with Crippen molar-refractivity contribution in [1.29, 1.82) is 0 Å². The molecule has 1 atom stereocenters. The highest BCUT2D eigenvalue weighted by Crippen LogP contribution is 2.16. The van der Waals surface area contributed by atoms with Crippen molar-refractivity contribution in [2.24, 2.45) is 4.99 Å². The van der Waals surface area contributed by atoms with Crippen molar-refractivity contribution < 1.29 is 14.5 Å². The van der Waals surface area contributed by atoms with Crippen LogP contribution >= 0.6 is 0 Å². The monoisotopic (exact) mass is 401 g/mol. The van der Waals surface area contributed by atoms with Crippen molar-refractivity contribution in [3.63, 3.8) is 0 Å². The van der Waals surface area contributed by atoms with E-state index in [0.717, 1.165) is 24.4 Å². The molecule has 9 nitrogen and oxygen atoms in total. The summed E-state index contributed by atoms with van der Waals surface area (Å²) in [6.07, 6.45) is 3.23. The van der Waals surface area contributed by atoms with Gasteiger partial charge in [-0.2, -0.15) is 0 Å². The van der Waals surface area contributed by atoms with Crippen molar-refractivity contribution in [2.75, 3.05) is 39.3 Å². The van der Waals surface area contributed by atoms with Gasteiger partial charge in [0.15, 0.2) is 5.96 Å². The van der Waals surface area contributed by atoms with E-state index in [1.807, 2.05) is 4.90 Å². The Kier molecular flexibility index (Phi) is 7.18. The summed E-state index contributed by atoms with van der Waals surface area (Å²) in [6, 6.07) is 6.39. The first-order chi connectivity index (χ1) is 14.1. The zero-order valence-corrected chi connectivity index (χ0v) is 16.5. The number of piperazine rings is 1. The van der Waals surface area contributed by atoms with Gasteiger partial charge in [0.25, 0.3) is 11.6 Å². The topological polar surface area (TPSA) is 100 Å². The number of ether oxygens (including phenoxy) is 1. The van der Waals surface area contributed by atoms with E-state index in [9.17, 15) is 14.9 Å². The largest absolute Gasteiger partial charge is 0.368 e. The van der Waals surface area contributed by atoms with Gasteiger partial charge in [0, 0.05) is 51.5 Å². The molecule has 1 aromatic rings. The first-order valence-electron chi connectivity index (χ1n) is 9.86. The number of aliphatic imine (C=N–C) groups is 1. The molecule has 1 aromatic carbocycles. The smallest absolute Gasteiger partial charge is 0.269 e. The number of nitro groups is 1. The lowest BCUT2D eigenvalue weighted by molar-refractivity contribution is -0.384. The molecule has 2 saturated heterocycles. The molecule has 29 heavy (non-hydrogen) atoms. The minimum atomic E-state index is -0.415. The van der Waals surface area contributed by atoms with Gasteiger partial charge in [-0.05, 0) is 18.4 Å². The molecule has 0 saturated carbocycles. The minimum Gasteiger partial charge on any atom is -0.368 e. The van der Waals surface area contributed by atoms with Gasteiger partial charge in [-0.1, -0.05) is 18.2 Å². The number of nitrogens with one attached hydrogen (secondary N) is 1. The van der Waals surface area contributed by atoms with Gasteiger partial charge < -0.3 is 19.9 Å². The summed E-state index contributed by atoms with van der Waals surface area (Å²) in [5.41, 5.74) is 0.954. The maximum absolute atomic E-state index is 12.5. The number of guanidine groups is 1. The molecule has 0 aliphatic carbocycles. The van der Waals surface area contributed by atoms with Crippen molar-refractivity contribution in [3.8, 4) is 0 Å². The average molecular weight is 401 g/mol. The molecule has 1 amide bonds. The van der Waals surface area contributed by atoms with Gasteiger partial charge in [0.05, 0.1) is 11.5 Å². The Morgan fingerprint density at radius 2 is 1.97 bits per heavy atom. The molecular formula is C20H27N5O4. The van der Waals surface area contributed by atoms with Crippen LogP contribution in [0.1, 0.15) is 18.4 Å². The van der Waals surface area contributed by atoms with E-state index in [-0.39, 0.29) is 17.7 Å². The van der Waals surface area contributed by atoms with Gasteiger partial charge in [0.1, 0.15) is 6.10 Å². The molecule has 0 aromatic heterocycles. The van der Waals surface area contributed by atoms with E-state index in [1.54, 1.807) is 18.2 Å². The molecule has 2 heterocycles. The summed E-state index contributed by atoms with van der Waals surface area (Å²) >= 11 is 0. The second-order valence-corrected chi connectivity index (χ2v) is 7.05.